The van der Waals surface area contributed by atoms with Crippen molar-refractivity contribution < 1.29 is 5.11 Å². The Bertz CT molecular complexity index is 657. The molecule has 3 aromatic rings. The third-order valence-electron chi connectivity index (χ3n) is 2.52. The predicted octanol–water partition coefficient (Wildman–Crippen LogP) is 2.13. The number of benzene rings is 1. The summed E-state index contributed by atoms with van der Waals surface area (Å²) in [5.74, 6) is -0.00569. The van der Waals surface area contributed by atoms with Gasteiger partial charge in [0.25, 0.3) is 0 Å². The van der Waals surface area contributed by atoms with Gasteiger partial charge in [-0.25, -0.2) is 9.97 Å². The Morgan fingerprint density at radius 2 is 2.13 bits per heavy atom. The number of rotatable bonds is 0. The Kier molecular flexibility index (Phi) is 1.48. The summed E-state index contributed by atoms with van der Waals surface area (Å²) in [6, 6.07) is 6.04. The van der Waals surface area contributed by atoms with Crippen molar-refractivity contribution in [1.82, 2.24) is 15.0 Å². The quantitative estimate of drug-likeness (QED) is 0.583. The Balaban J connectivity index is 2.57. The Hall–Kier alpha value is -2.10. The van der Waals surface area contributed by atoms with Gasteiger partial charge in [-0.2, -0.15) is 0 Å². The summed E-state index contributed by atoms with van der Waals surface area (Å²) in [5, 5.41) is 10.6. The van der Waals surface area contributed by atoms with E-state index in [-0.39, 0.29) is 5.88 Å². The molecule has 3 rings (SSSR count). The van der Waals surface area contributed by atoms with Crippen LogP contribution in [-0.4, -0.2) is 20.1 Å². The molecular weight excluding hydrogens is 190 g/mol. The predicted molar refractivity (Wildman–Crippen MR) is 57.8 cm³/mol. The van der Waals surface area contributed by atoms with Crippen LogP contribution in [0.15, 0.2) is 24.5 Å². The molecule has 0 fully saturated rings. The van der Waals surface area contributed by atoms with Crippen molar-refractivity contribution in [3.63, 3.8) is 0 Å². The summed E-state index contributed by atoms with van der Waals surface area (Å²) in [5.41, 5.74) is 3.50. The molecule has 74 valence electrons. The van der Waals surface area contributed by atoms with E-state index in [0.717, 1.165) is 16.4 Å². The van der Waals surface area contributed by atoms with Crippen molar-refractivity contribution in [2.75, 3.05) is 0 Å². The van der Waals surface area contributed by atoms with Crippen molar-refractivity contribution >= 4 is 21.9 Å². The molecule has 2 N–H and O–H groups in total. The first-order valence-electron chi connectivity index (χ1n) is 4.68. The monoisotopic (exact) mass is 199 g/mol. The van der Waals surface area contributed by atoms with Crippen LogP contribution in [0.3, 0.4) is 0 Å². The molecule has 0 atom stereocenters. The summed E-state index contributed by atoms with van der Waals surface area (Å²) >= 11 is 0. The Morgan fingerprint density at radius 1 is 1.27 bits per heavy atom. The molecule has 0 aliphatic carbocycles. The lowest BCUT2D eigenvalue weighted by Crippen LogP contribution is -1.79. The fourth-order valence-electron chi connectivity index (χ4n) is 1.80. The highest BCUT2D eigenvalue weighted by Gasteiger charge is 2.08. The number of hydrogen-bond acceptors (Lipinski definition) is 3. The zero-order valence-corrected chi connectivity index (χ0v) is 8.15. The average Bonchev–Trinajstić information content (AvgIpc) is 2.57. The largest absolute Gasteiger partial charge is 0.492 e. The molecule has 2 heterocycles. The number of aromatic amines is 1. The third kappa shape index (κ3) is 1.08. The zero-order chi connectivity index (χ0) is 10.4. The van der Waals surface area contributed by atoms with Crippen LogP contribution >= 0.6 is 0 Å². The lowest BCUT2D eigenvalue weighted by molar-refractivity contribution is 0.458. The van der Waals surface area contributed by atoms with Gasteiger partial charge in [-0.3, -0.25) is 0 Å². The molecular formula is C11H9N3O. The van der Waals surface area contributed by atoms with Gasteiger partial charge < -0.3 is 10.1 Å². The number of aromatic nitrogens is 3. The smallest absolute Gasteiger partial charge is 0.239 e. The lowest BCUT2D eigenvalue weighted by Gasteiger charge is -1.92. The van der Waals surface area contributed by atoms with Crippen LogP contribution in [0.5, 0.6) is 5.88 Å². The molecule has 1 aromatic carbocycles. The van der Waals surface area contributed by atoms with E-state index in [4.69, 9.17) is 0 Å². The van der Waals surface area contributed by atoms with Crippen molar-refractivity contribution in [2.45, 2.75) is 6.92 Å². The van der Waals surface area contributed by atoms with Crippen LogP contribution < -0.4 is 0 Å². The molecule has 4 heteroatoms. The molecule has 15 heavy (non-hydrogen) atoms. The van der Waals surface area contributed by atoms with Crippen LogP contribution in [0.2, 0.25) is 0 Å². The van der Waals surface area contributed by atoms with Crippen LogP contribution in [0, 0.1) is 6.92 Å². The molecule has 0 unspecified atom stereocenters. The summed E-state index contributed by atoms with van der Waals surface area (Å²) < 4.78 is 0. The molecule has 0 aliphatic heterocycles. The van der Waals surface area contributed by atoms with E-state index in [0.29, 0.717) is 5.52 Å². The maximum atomic E-state index is 9.56. The first-order valence-corrected chi connectivity index (χ1v) is 4.68. The standard InChI is InChI=1S/C11H9N3O/c1-6-2-3-7-8(4-6)14-10-9(7)12-5-13-11(10)15/h2-5,14H,1H3,(H,12,13,15). The van der Waals surface area contributed by atoms with Crippen molar-refractivity contribution in [2.24, 2.45) is 0 Å². The lowest BCUT2D eigenvalue weighted by atomic mass is 10.2. The molecule has 0 spiro atoms. The second-order valence-electron chi connectivity index (χ2n) is 3.59. The van der Waals surface area contributed by atoms with Crippen LogP contribution in [0.1, 0.15) is 5.56 Å². The maximum Gasteiger partial charge on any atom is 0.239 e. The normalized spacial score (nSPS) is 11.3. The number of nitrogens with zero attached hydrogens (tertiary/aromatic N) is 2. The number of aryl methyl sites for hydroxylation is 1. The number of fused-ring (bicyclic) bond motifs is 3. The summed E-state index contributed by atoms with van der Waals surface area (Å²) in [4.78, 5) is 11.0. The zero-order valence-electron chi connectivity index (χ0n) is 8.15. The van der Waals surface area contributed by atoms with Gasteiger partial charge >= 0.3 is 0 Å². The SMILES string of the molecule is Cc1ccc2c(c1)[nH]c1c(O)ncnc12. The van der Waals surface area contributed by atoms with Crippen molar-refractivity contribution in [1.29, 1.82) is 0 Å². The van der Waals surface area contributed by atoms with Crippen molar-refractivity contribution in [3.8, 4) is 5.88 Å². The average molecular weight is 199 g/mol. The number of hydrogen-bond donors (Lipinski definition) is 2. The number of aromatic hydroxyl groups is 1. The topological polar surface area (TPSA) is 61.8 Å². The highest BCUT2D eigenvalue weighted by atomic mass is 16.3. The minimum absolute atomic E-state index is 0.00569. The molecule has 2 aromatic heterocycles. The second-order valence-corrected chi connectivity index (χ2v) is 3.59. The van der Waals surface area contributed by atoms with Crippen LogP contribution in [-0.2, 0) is 0 Å². The highest BCUT2D eigenvalue weighted by Crippen LogP contribution is 2.27. The van der Waals surface area contributed by atoms with Gasteiger partial charge in [-0.15, -0.1) is 0 Å². The molecule has 0 saturated carbocycles. The van der Waals surface area contributed by atoms with E-state index in [1.165, 1.54) is 11.9 Å². The Labute approximate surface area is 85.6 Å². The fraction of sp³-hybridized carbons (Fsp3) is 0.0909. The molecule has 0 aliphatic rings. The fourth-order valence-corrected chi connectivity index (χ4v) is 1.80. The summed E-state index contributed by atoms with van der Waals surface area (Å²) in [6.45, 7) is 2.02. The summed E-state index contributed by atoms with van der Waals surface area (Å²) in [6.07, 6.45) is 1.37. The first kappa shape index (κ1) is 8.23. The van der Waals surface area contributed by atoms with Gasteiger partial charge in [0.2, 0.25) is 5.88 Å². The van der Waals surface area contributed by atoms with Crippen LogP contribution in [0.25, 0.3) is 21.9 Å². The Morgan fingerprint density at radius 3 is 3.00 bits per heavy atom. The highest BCUT2D eigenvalue weighted by molar-refractivity contribution is 6.06. The van der Waals surface area contributed by atoms with Gasteiger partial charge in [0.1, 0.15) is 17.4 Å². The minimum atomic E-state index is -0.00569. The van der Waals surface area contributed by atoms with E-state index in [2.05, 4.69) is 15.0 Å². The minimum Gasteiger partial charge on any atom is -0.492 e. The number of H-pyrrole nitrogens is 1. The van der Waals surface area contributed by atoms with Crippen LogP contribution in [0.4, 0.5) is 0 Å². The molecule has 4 nitrogen and oxygen atoms in total. The van der Waals surface area contributed by atoms with E-state index >= 15 is 0 Å². The van der Waals surface area contributed by atoms with Gasteiger partial charge in [0.15, 0.2) is 0 Å². The molecule has 0 radical (unpaired) electrons. The maximum absolute atomic E-state index is 9.56. The summed E-state index contributed by atoms with van der Waals surface area (Å²) in [7, 11) is 0. The van der Waals surface area contributed by atoms with Gasteiger partial charge in [0.05, 0.1) is 0 Å². The second kappa shape index (κ2) is 2.70. The first-order chi connectivity index (χ1) is 7.25. The van der Waals surface area contributed by atoms with E-state index in [1.54, 1.807) is 0 Å². The molecule has 0 saturated heterocycles. The van der Waals surface area contributed by atoms with E-state index in [9.17, 15) is 5.11 Å². The van der Waals surface area contributed by atoms with Gasteiger partial charge in [0, 0.05) is 10.9 Å². The number of nitrogens with one attached hydrogen (secondary N) is 1. The van der Waals surface area contributed by atoms with Gasteiger partial charge in [-0.1, -0.05) is 12.1 Å². The molecule has 0 amide bonds. The van der Waals surface area contributed by atoms with Crippen molar-refractivity contribution in [3.05, 3.63) is 30.1 Å². The molecule has 0 bridgehead atoms. The van der Waals surface area contributed by atoms with Gasteiger partial charge in [-0.05, 0) is 18.6 Å². The van der Waals surface area contributed by atoms with E-state index < -0.39 is 0 Å². The third-order valence-corrected chi connectivity index (χ3v) is 2.52. The van der Waals surface area contributed by atoms with E-state index in [1.807, 2.05) is 25.1 Å².